The Kier molecular flexibility index (Phi) is 7.82. The molecule has 3 aliphatic heterocycles. The lowest BCUT2D eigenvalue weighted by Gasteiger charge is -2.49. The third kappa shape index (κ3) is 5.25. The average Bonchev–Trinajstić information content (AvgIpc) is 3.54. The number of aromatic nitrogens is 4. The fourth-order valence-electron chi connectivity index (χ4n) is 4.69. The second-order valence-electron chi connectivity index (χ2n) is 10.1. The van der Waals surface area contributed by atoms with Gasteiger partial charge in [-0.3, -0.25) is 14.5 Å². The number of nitrogens with zero attached hydrogens (tertiary/aromatic N) is 6. The first-order valence-corrected chi connectivity index (χ1v) is 14.6. The number of carbonyl (C=O) groups excluding carboxylic acids is 2. The number of oxime groups is 1. The quantitative estimate of drug-likeness (QED) is 0.0767. The minimum atomic E-state index is -1.79. The van der Waals surface area contributed by atoms with Gasteiger partial charge in [0.15, 0.2) is 17.5 Å². The first kappa shape index (κ1) is 29.3. The Morgan fingerprint density at radius 2 is 2.12 bits per heavy atom. The van der Waals surface area contributed by atoms with Gasteiger partial charge in [0.25, 0.3) is 11.8 Å². The van der Waals surface area contributed by atoms with Crippen molar-refractivity contribution >= 4 is 63.7 Å². The number of fused-ring (bicyclic) bond motifs is 2. The van der Waals surface area contributed by atoms with Gasteiger partial charge < -0.3 is 37.2 Å². The summed E-state index contributed by atoms with van der Waals surface area (Å²) in [4.78, 5) is 60.5. The number of hydrogen-bond donors (Lipinski definition) is 6. The Hall–Kier alpha value is -4.23. The molecule has 224 valence electrons. The van der Waals surface area contributed by atoms with E-state index in [1.54, 1.807) is 0 Å². The standard InChI is InChI=1S/C23H28N10O7S2/c1-23(2,21(38)39)40-29-12(15-28-22(25)42-30-15)17(34)27-13-18(35)33-14(20(36)37)11(9-41-19(13)33)8-31-7-10(6-24)16-26-4-3-5-32(16)31/h7,13,19H,3-6,8-9,24H2,1-2H3,(H5,25,27,28,30,34,36,37,38,39)/p+1/b29-12-/t13-,19-/m1/s1. The van der Waals surface area contributed by atoms with Gasteiger partial charge in [0.1, 0.15) is 17.1 Å². The van der Waals surface area contributed by atoms with E-state index in [9.17, 15) is 29.4 Å². The van der Waals surface area contributed by atoms with Crippen molar-refractivity contribution in [1.82, 2.24) is 24.3 Å². The molecular weight excluding hydrogens is 592 g/mol. The van der Waals surface area contributed by atoms with Crippen LogP contribution >= 0.6 is 23.3 Å². The third-order valence-corrected chi connectivity index (χ3v) is 8.76. The monoisotopic (exact) mass is 621 g/mol. The summed E-state index contributed by atoms with van der Waals surface area (Å²) in [5.74, 6) is -3.17. The molecule has 1 saturated heterocycles. The third-order valence-electron chi connectivity index (χ3n) is 6.87. The number of carboxylic acids is 2. The van der Waals surface area contributed by atoms with Crippen molar-refractivity contribution in [3.8, 4) is 0 Å². The molecule has 0 radical (unpaired) electrons. The first-order valence-electron chi connectivity index (χ1n) is 12.8. The second-order valence-corrected chi connectivity index (χ2v) is 12.0. The predicted molar refractivity (Wildman–Crippen MR) is 149 cm³/mol. The van der Waals surface area contributed by atoms with Crippen LogP contribution in [0.15, 0.2) is 22.6 Å². The Morgan fingerprint density at radius 1 is 1.36 bits per heavy atom. The summed E-state index contributed by atoms with van der Waals surface area (Å²) in [6.45, 7) is 4.57. The van der Waals surface area contributed by atoms with Crippen molar-refractivity contribution in [2.24, 2.45) is 10.9 Å². The van der Waals surface area contributed by atoms with E-state index in [0.717, 1.165) is 42.4 Å². The molecule has 0 aliphatic carbocycles. The van der Waals surface area contributed by atoms with Crippen molar-refractivity contribution in [1.29, 1.82) is 0 Å². The van der Waals surface area contributed by atoms with Crippen LogP contribution in [0.25, 0.3) is 0 Å². The topological polar surface area (TPSA) is 244 Å². The molecule has 2 aromatic rings. The van der Waals surface area contributed by atoms with Crippen LogP contribution in [0.3, 0.4) is 0 Å². The minimum Gasteiger partial charge on any atom is -0.478 e. The average molecular weight is 622 g/mol. The van der Waals surface area contributed by atoms with E-state index >= 15 is 0 Å². The summed E-state index contributed by atoms with van der Waals surface area (Å²) in [5, 5.41) is 28.3. The van der Waals surface area contributed by atoms with E-state index in [2.05, 4.69) is 25.1 Å². The lowest BCUT2D eigenvalue weighted by molar-refractivity contribution is -0.768. The Morgan fingerprint density at radius 3 is 2.76 bits per heavy atom. The molecule has 17 nitrogen and oxygen atoms in total. The molecule has 5 heterocycles. The van der Waals surface area contributed by atoms with E-state index < -0.39 is 46.5 Å². The number of rotatable bonds is 10. The van der Waals surface area contributed by atoms with Crippen LogP contribution in [0.2, 0.25) is 0 Å². The minimum absolute atomic E-state index is 0.0250. The van der Waals surface area contributed by atoms with Crippen LogP contribution in [-0.4, -0.2) is 87.9 Å². The lowest BCUT2D eigenvalue weighted by atomic mass is 10.0. The van der Waals surface area contributed by atoms with E-state index in [4.69, 9.17) is 16.3 Å². The Labute approximate surface area is 246 Å². The molecule has 2 amide bonds. The van der Waals surface area contributed by atoms with E-state index in [1.807, 2.05) is 15.6 Å². The molecule has 19 heteroatoms. The smallest absolute Gasteiger partial charge is 0.352 e. The molecule has 42 heavy (non-hydrogen) atoms. The molecule has 2 atom stereocenters. The summed E-state index contributed by atoms with van der Waals surface area (Å²) in [6.07, 6.45) is 2.78. The Balaban J connectivity index is 1.37. The Bertz CT molecular complexity index is 1530. The number of anilines is 2. The van der Waals surface area contributed by atoms with Gasteiger partial charge in [-0.05, 0) is 20.3 Å². The number of β-lactam (4-membered cyclic amide) rings is 1. The van der Waals surface area contributed by atoms with Crippen LogP contribution in [0, 0.1) is 0 Å². The molecule has 0 bridgehead atoms. The summed E-state index contributed by atoms with van der Waals surface area (Å²) in [6, 6.07) is -1.09. The molecule has 0 spiro atoms. The maximum atomic E-state index is 13.3. The van der Waals surface area contributed by atoms with Crippen molar-refractivity contribution in [2.45, 2.75) is 56.9 Å². The van der Waals surface area contributed by atoms with Gasteiger partial charge in [-0.1, -0.05) is 5.16 Å². The molecule has 0 unspecified atom stereocenters. The maximum Gasteiger partial charge on any atom is 0.352 e. The number of carboxylic acid groups (broad SMARTS) is 2. The summed E-state index contributed by atoms with van der Waals surface area (Å²) < 4.78 is 7.86. The summed E-state index contributed by atoms with van der Waals surface area (Å²) in [5.41, 5.74) is 10.6. The fraction of sp³-hybridized carbons (Fsp3) is 0.478. The zero-order valence-corrected chi connectivity index (χ0v) is 24.2. The van der Waals surface area contributed by atoms with Gasteiger partial charge in [0.2, 0.25) is 23.3 Å². The van der Waals surface area contributed by atoms with Gasteiger partial charge in [-0.2, -0.15) is 9.36 Å². The molecule has 0 aromatic carbocycles. The number of nitrogens with two attached hydrogens (primary N) is 2. The number of hydrogen-bond acceptors (Lipinski definition) is 13. The van der Waals surface area contributed by atoms with Gasteiger partial charge in [0, 0.05) is 35.9 Å². The molecule has 3 aliphatic rings. The van der Waals surface area contributed by atoms with Crippen molar-refractivity contribution < 1.29 is 38.9 Å². The first-order chi connectivity index (χ1) is 19.9. The molecular formula is C23H29N10O7S2+. The second kappa shape index (κ2) is 11.2. The highest BCUT2D eigenvalue weighted by atomic mass is 32.2. The highest BCUT2D eigenvalue weighted by molar-refractivity contribution is 8.00. The number of nitrogens with one attached hydrogen (secondary N) is 2. The van der Waals surface area contributed by atoms with Crippen LogP contribution in [0.5, 0.6) is 0 Å². The normalized spacial score (nSPS) is 20.3. The molecule has 8 N–H and O–H groups in total. The number of nitrogen functional groups attached to an aromatic ring is 1. The highest BCUT2D eigenvalue weighted by Gasteiger charge is 2.55. The van der Waals surface area contributed by atoms with Gasteiger partial charge in [-0.15, -0.1) is 21.1 Å². The fourth-order valence-corrected chi connectivity index (χ4v) is 6.46. The van der Waals surface area contributed by atoms with E-state index in [-0.39, 0.29) is 23.2 Å². The van der Waals surface area contributed by atoms with Gasteiger partial charge in [-0.25, -0.2) is 9.59 Å². The van der Waals surface area contributed by atoms with Crippen LogP contribution in [0.1, 0.15) is 31.7 Å². The number of carbonyl (C=O) groups is 4. The highest BCUT2D eigenvalue weighted by Crippen LogP contribution is 2.40. The van der Waals surface area contributed by atoms with E-state index in [1.165, 1.54) is 30.5 Å². The number of amides is 2. The number of thioether (sulfide) groups is 1. The predicted octanol–water partition coefficient (Wildman–Crippen LogP) is -1.49. The summed E-state index contributed by atoms with van der Waals surface area (Å²) >= 11 is 2.09. The van der Waals surface area contributed by atoms with Gasteiger partial charge >= 0.3 is 11.9 Å². The SMILES string of the molecule is CC(C)(O/N=C(\C(=O)N[C@@H]1C(=O)N2C(C(=O)O)=C(C[n+]3cc(CN)c4n3CCCN4)CS[C@H]12)c1nsc(N)n1)C(=O)O. The van der Waals surface area contributed by atoms with Crippen LogP contribution < -0.4 is 26.8 Å². The molecule has 2 aromatic heterocycles. The lowest BCUT2D eigenvalue weighted by Crippen LogP contribution is -2.71. The maximum absolute atomic E-state index is 13.3. The van der Waals surface area contributed by atoms with Crippen molar-refractivity contribution in [2.75, 3.05) is 23.3 Å². The van der Waals surface area contributed by atoms with Crippen LogP contribution in [-0.2, 0) is 43.7 Å². The molecule has 1 fully saturated rings. The zero-order chi connectivity index (χ0) is 30.3. The largest absolute Gasteiger partial charge is 0.478 e. The molecule has 5 rings (SSSR count). The summed E-state index contributed by atoms with van der Waals surface area (Å²) in [7, 11) is 0. The van der Waals surface area contributed by atoms with Gasteiger partial charge in [0.05, 0.1) is 12.1 Å². The zero-order valence-electron chi connectivity index (χ0n) is 22.6. The number of aliphatic carboxylic acids is 2. The van der Waals surface area contributed by atoms with Crippen molar-refractivity contribution in [3.63, 3.8) is 0 Å². The van der Waals surface area contributed by atoms with Crippen LogP contribution in [0.4, 0.5) is 10.9 Å². The van der Waals surface area contributed by atoms with Crippen molar-refractivity contribution in [3.05, 3.63) is 28.9 Å². The molecule has 0 saturated carbocycles. The van der Waals surface area contributed by atoms with E-state index in [0.29, 0.717) is 17.9 Å².